The first-order valence-electron chi connectivity index (χ1n) is 7.61. The zero-order chi connectivity index (χ0) is 17.7. The first-order chi connectivity index (χ1) is 11.5. The summed E-state index contributed by atoms with van der Waals surface area (Å²) >= 11 is 1.23. The van der Waals surface area contributed by atoms with Gasteiger partial charge in [-0.25, -0.2) is 4.79 Å². The number of hydrogen-bond donors (Lipinski definition) is 1. The van der Waals surface area contributed by atoms with E-state index in [-0.39, 0.29) is 11.9 Å². The molecule has 0 bridgehead atoms. The predicted octanol–water partition coefficient (Wildman–Crippen LogP) is 2.80. The summed E-state index contributed by atoms with van der Waals surface area (Å²) in [5.74, 6) is -0.711. The van der Waals surface area contributed by atoms with Gasteiger partial charge in [-0.05, 0) is 33.8 Å². The van der Waals surface area contributed by atoms with Crippen LogP contribution in [-0.2, 0) is 16.1 Å². The van der Waals surface area contributed by atoms with E-state index >= 15 is 0 Å². The third-order valence-electron chi connectivity index (χ3n) is 3.62. The number of ether oxygens (including phenoxy) is 1. The van der Waals surface area contributed by atoms with Crippen molar-refractivity contribution in [3.05, 3.63) is 34.1 Å². The van der Waals surface area contributed by atoms with Gasteiger partial charge in [0.25, 0.3) is 0 Å². The summed E-state index contributed by atoms with van der Waals surface area (Å²) in [4.78, 5) is 24.3. The minimum Gasteiger partial charge on any atom is -0.462 e. The number of nitrogens with zero attached hydrogens (tertiary/aromatic N) is 3. The van der Waals surface area contributed by atoms with Gasteiger partial charge in [-0.3, -0.25) is 10.1 Å². The van der Waals surface area contributed by atoms with Crippen LogP contribution < -0.4 is 5.32 Å². The molecule has 0 unspecified atom stereocenters. The van der Waals surface area contributed by atoms with Gasteiger partial charge < -0.3 is 9.30 Å². The summed E-state index contributed by atoms with van der Waals surface area (Å²) in [6.07, 6.45) is 3.02. The van der Waals surface area contributed by atoms with Crippen molar-refractivity contribution < 1.29 is 14.3 Å². The Morgan fingerprint density at radius 1 is 1.33 bits per heavy atom. The second kappa shape index (κ2) is 7.87. The molecule has 7 nitrogen and oxygen atoms in total. The van der Waals surface area contributed by atoms with Gasteiger partial charge in [-0.2, -0.15) is 0 Å². The fourth-order valence-electron chi connectivity index (χ4n) is 2.58. The minimum atomic E-state index is -0.380. The first-order valence-corrected chi connectivity index (χ1v) is 8.49. The van der Waals surface area contributed by atoms with Crippen molar-refractivity contribution in [2.75, 3.05) is 11.9 Å². The van der Waals surface area contributed by atoms with Crippen molar-refractivity contribution in [3.8, 4) is 0 Å². The van der Waals surface area contributed by atoms with Crippen LogP contribution in [0.25, 0.3) is 6.08 Å². The Kier molecular flexibility index (Phi) is 5.86. The Bertz CT molecular complexity index is 763. The summed E-state index contributed by atoms with van der Waals surface area (Å²) < 4.78 is 7.17. The van der Waals surface area contributed by atoms with Crippen LogP contribution in [0.3, 0.4) is 0 Å². The Hall–Kier alpha value is -2.48. The Morgan fingerprint density at radius 3 is 2.67 bits per heavy atom. The van der Waals surface area contributed by atoms with Gasteiger partial charge in [0.2, 0.25) is 11.0 Å². The quantitative estimate of drug-likeness (QED) is 0.641. The van der Waals surface area contributed by atoms with Crippen molar-refractivity contribution in [3.63, 3.8) is 0 Å². The van der Waals surface area contributed by atoms with Crippen molar-refractivity contribution in [2.24, 2.45) is 0 Å². The summed E-state index contributed by atoms with van der Waals surface area (Å²) in [5.41, 5.74) is 4.47. The van der Waals surface area contributed by atoms with Crippen molar-refractivity contribution >= 4 is 34.4 Å². The molecule has 0 aliphatic carbocycles. The number of amides is 1. The highest BCUT2D eigenvalue weighted by atomic mass is 32.1. The molecular weight excluding hydrogens is 328 g/mol. The molecule has 0 aromatic carbocycles. The molecule has 2 aromatic heterocycles. The van der Waals surface area contributed by atoms with Crippen molar-refractivity contribution in [2.45, 2.75) is 34.2 Å². The van der Waals surface area contributed by atoms with E-state index in [1.165, 1.54) is 22.9 Å². The van der Waals surface area contributed by atoms with Gasteiger partial charge in [-0.1, -0.05) is 11.3 Å². The smallest absolute Gasteiger partial charge is 0.340 e. The normalized spacial score (nSPS) is 11.0. The molecule has 0 fully saturated rings. The third-order valence-corrected chi connectivity index (χ3v) is 4.22. The van der Waals surface area contributed by atoms with Crippen LogP contribution in [0.15, 0.2) is 11.6 Å². The molecule has 0 spiro atoms. The SMILES string of the molecule is CCOC(=O)c1c(/C=C/C(=O)Nc2nncs2)c(C)n(CC)c1C. The third kappa shape index (κ3) is 3.70. The van der Waals surface area contributed by atoms with Gasteiger partial charge in [0.15, 0.2) is 0 Å². The molecule has 0 saturated carbocycles. The lowest BCUT2D eigenvalue weighted by atomic mass is 10.1. The lowest BCUT2D eigenvalue weighted by Crippen LogP contribution is -2.09. The number of anilines is 1. The molecule has 0 saturated heterocycles. The van der Waals surface area contributed by atoms with Gasteiger partial charge in [0, 0.05) is 29.6 Å². The van der Waals surface area contributed by atoms with Crippen molar-refractivity contribution in [1.82, 2.24) is 14.8 Å². The molecule has 1 N–H and O–H groups in total. The van der Waals surface area contributed by atoms with E-state index in [1.54, 1.807) is 13.0 Å². The number of hydrogen-bond acceptors (Lipinski definition) is 6. The van der Waals surface area contributed by atoms with Gasteiger partial charge in [0.05, 0.1) is 12.2 Å². The van der Waals surface area contributed by atoms with E-state index in [9.17, 15) is 9.59 Å². The number of aromatic nitrogens is 3. The number of carbonyl (C=O) groups excluding carboxylic acids is 2. The van der Waals surface area contributed by atoms with Gasteiger partial charge in [0.1, 0.15) is 5.51 Å². The van der Waals surface area contributed by atoms with Crippen molar-refractivity contribution in [1.29, 1.82) is 0 Å². The molecule has 1 amide bonds. The average molecular weight is 348 g/mol. The van der Waals surface area contributed by atoms with E-state index in [1.807, 2.05) is 25.3 Å². The van der Waals surface area contributed by atoms with E-state index in [4.69, 9.17) is 4.74 Å². The Labute approximate surface area is 144 Å². The molecule has 0 aliphatic rings. The molecular formula is C16H20N4O3S. The average Bonchev–Trinajstić information content (AvgIpc) is 3.12. The van der Waals surface area contributed by atoms with E-state index in [0.717, 1.165) is 17.9 Å². The molecule has 0 radical (unpaired) electrons. The maximum atomic E-state index is 12.3. The van der Waals surface area contributed by atoms with E-state index < -0.39 is 0 Å². The number of carbonyl (C=O) groups is 2. The summed E-state index contributed by atoms with van der Waals surface area (Å²) in [5, 5.41) is 10.5. The Balaban J connectivity index is 2.32. The molecule has 2 rings (SSSR count). The maximum Gasteiger partial charge on any atom is 0.340 e. The van der Waals surface area contributed by atoms with Crippen LogP contribution in [0.5, 0.6) is 0 Å². The highest BCUT2D eigenvalue weighted by Crippen LogP contribution is 2.25. The van der Waals surface area contributed by atoms with Crippen LogP contribution in [0.4, 0.5) is 5.13 Å². The largest absolute Gasteiger partial charge is 0.462 e. The molecule has 0 atom stereocenters. The second-order valence-corrected chi connectivity index (χ2v) is 5.82. The Morgan fingerprint density at radius 2 is 2.08 bits per heavy atom. The van der Waals surface area contributed by atoms with Crippen LogP contribution in [-0.4, -0.2) is 33.2 Å². The zero-order valence-electron chi connectivity index (χ0n) is 14.1. The van der Waals surface area contributed by atoms with Gasteiger partial charge in [-0.15, -0.1) is 10.2 Å². The fourth-order valence-corrected chi connectivity index (χ4v) is 3.03. The summed E-state index contributed by atoms with van der Waals surface area (Å²) in [6.45, 7) is 8.60. The van der Waals surface area contributed by atoms with Crippen LogP contribution in [0.1, 0.15) is 41.2 Å². The maximum absolute atomic E-state index is 12.3. The lowest BCUT2D eigenvalue weighted by Gasteiger charge is -2.05. The second-order valence-electron chi connectivity index (χ2n) is 4.99. The highest BCUT2D eigenvalue weighted by Gasteiger charge is 2.22. The van der Waals surface area contributed by atoms with Crippen LogP contribution >= 0.6 is 11.3 Å². The van der Waals surface area contributed by atoms with E-state index in [0.29, 0.717) is 22.9 Å². The first kappa shape index (κ1) is 17.9. The monoisotopic (exact) mass is 348 g/mol. The highest BCUT2D eigenvalue weighted by molar-refractivity contribution is 7.13. The molecule has 2 heterocycles. The minimum absolute atomic E-state index is 0.301. The number of esters is 1. The molecule has 0 aliphatic heterocycles. The standard InChI is InChI=1S/C16H20N4O3S/c1-5-20-10(3)12(14(11(20)4)15(22)23-6-2)7-8-13(21)18-16-19-17-9-24-16/h7-9H,5-6H2,1-4H3,(H,18,19,21)/b8-7+. The molecule has 8 heteroatoms. The fraction of sp³-hybridized carbons (Fsp3) is 0.375. The predicted molar refractivity (Wildman–Crippen MR) is 93.1 cm³/mol. The number of rotatable bonds is 6. The van der Waals surface area contributed by atoms with Gasteiger partial charge >= 0.3 is 5.97 Å². The zero-order valence-corrected chi connectivity index (χ0v) is 14.9. The lowest BCUT2D eigenvalue weighted by molar-refractivity contribution is -0.111. The molecule has 128 valence electrons. The van der Waals surface area contributed by atoms with Crippen LogP contribution in [0.2, 0.25) is 0 Å². The molecule has 24 heavy (non-hydrogen) atoms. The van der Waals surface area contributed by atoms with Crippen LogP contribution in [0, 0.1) is 13.8 Å². The van der Waals surface area contributed by atoms with E-state index in [2.05, 4.69) is 15.5 Å². The summed E-state index contributed by atoms with van der Waals surface area (Å²) in [7, 11) is 0. The topological polar surface area (TPSA) is 86.1 Å². The number of nitrogens with one attached hydrogen (secondary N) is 1. The summed E-state index contributed by atoms with van der Waals surface area (Å²) in [6, 6.07) is 0. The molecule has 2 aromatic rings.